The number of nitrogens with one attached hydrogen (secondary N) is 1. The molecule has 0 atom stereocenters. The van der Waals surface area contributed by atoms with Crippen LogP contribution in [0.1, 0.15) is 44.1 Å². The molecule has 0 saturated heterocycles. The summed E-state index contributed by atoms with van der Waals surface area (Å²) in [7, 11) is 0. The van der Waals surface area contributed by atoms with E-state index in [4.69, 9.17) is 0 Å². The Morgan fingerprint density at radius 2 is 1.86 bits per heavy atom. The highest BCUT2D eigenvalue weighted by Gasteiger charge is 2.51. The molecule has 0 spiro atoms. The minimum absolute atomic E-state index is 0.164. The van der Waals surface area contributed by atoms with E-state index in [0.29, 0.717) is 31.2 Å². The van der Waals surface area contributed by atoms with Crippen LogP contribution in [0.5, 0.6) is 0 Å². The molecule has 2 N–H and O–H groups in total. The van der Waals surface area contributed by atoms with Gasteiger partial charge in [0.1, 0.15) is 5.82 Å². The van der Waals surface area contributed by atoms with Gasteiger partial charge in [-0.2, -0.15) is 0 Å². The molecule has 0 heterocycles. The Morgan fingerprint density at radius 1 is 1.18 bits per heavy atom. The summed E-state index contributed by atoms with van der Waals surface area (Å²) in [6.45, 7) is 0.165. The number of hydrogen-bond donors (Lipinski definition) is 2. The van der Waals surface area contributed by atoms with E-state index in [-0.39, 0.29) is 18.3 Å². The van der Waals surface area contributed by atoms with Gasteiger partial charge in [-0.1, -0.05) is 25.0 Å². The maximum Gasteiger partial charge on any atom is 0.311 e. The fourth-order valence-electron chi connectivity index (χ4n) is 3.45. The van der Waals surface area contributed by atoms with Crippen molar-refractivity contribution in [3.63, 3.8) is 0 Å². The smallest absolute Gasteiger partial charge is 0.311 e. The third-order valence-corrected chi connectivity index (χ3v) is 5.16. The van der Waals surface area contributed by atoms with Crippen LogP contribution < -0.4 is 5.32 Å². The predicted octanol–water partition coefficient (Wildman–Crippen LogP) is 2.62. The number of hydrogen-bond acceptors (Lipinski definition) is 2. The summed E-state index contributed by atoms with van der Waals surface area (Å²) < 4.78 is 13.5. The summed E-state index contributed by atoms with van der Waals surface area (Å²) in [5.74, 6) is -1.36. The molecular formula is C17H20FNO3. The Hall–Kier alpha value is -1.91. The van der Waals surface area contributed by atoms with E-state index in [1.807, 2.05) is 0 Å². The summed E-state index contributed by atoms with van der Waals surface area (Å²) in [5.41, 5.74) is -0.795. The Kier molecular flexibility index (Phi) is 3.67. The van der Waals surface area contributed by atoms with Gasteiger partial charge in [-0.05, 0) is 43.4 Å². The first kappa shape index (κ1) is 15.0. The van der Waals surface area contributed by atoms with Crippen LogP contribution in [0.15, 0.2) is 24.3 Å². The van der Waals surface area contributed by atoms with E-state index in [9.17, 15) is 19.1 Å². The number of carboxylic acid groups (broad SMARTS) is 1. The molecule has 5 heteroatoms. The molecule has 0 aromatic heterocycles. The van der Waals surface area contributed by atoms with Crippen LogP contribution in [0.3, 0.4) is 0 Å². The average molecular weight is 305 g/mol. The van der Waals surface area contributed by atoms with Gasteiger partial charge in [-0.25, -0.2) is 4.39 Å². The third kappa shape index (κ3) is 2.49. The Balaban J connectivity index is 1.79. The molecule has 2 aliphatic rings. The summed E-state index contributed by atoms with van der Waals surface area (Å²) in [6, 6.07) is 6.21. The largest absolute Gasteiger partial charge is 0.481 e. The standard InChI is InChI=1S/C17H20FNO3/c18-13-5-3-4-12(10-13)17(6-1-2-7-17)14(20)19-11-16(8-9-16)15(21)22/h3-5,10H,1-2,6-9,11H2,(H,19,20)(H,21,22). The molecular weight excluding hydrogens is 285 g/mol. The summed E-state index contributed by atoms with van der Waals surface area (Å²) >= 11 is 0. The monoisotopic (exact) mass is 305 g/mol. The first-order valence-electron chi connectivity index (χ1n) is 7.76. The van der Waals surface area contributed by atoms with Gasteiger partial charge >= 0.3 is 5.97 Å². The molecule has 2 aliphatic carbocycles. The van der Waals surface area contributed by atoms with Gasteiger partial charge < -0.3 is 10.4 Å². The third-order valence-electron chi connectivity index (χ3n) is 5.16. The maximum atomic E-state index is 13.5. The van der Waals surface area contributed by atoms with Crippen molar-refractivity contribution in [3.05, 3.63) is 35.6 Å². The van der Waals surface area contributed by atoms with Crippen molar-refractivity contribution in [1.29, 1.82) is 0 Å². The van der Waals surface area contributed by atoms with E-state index >= 15 is 0 Å². The number of amides is 1. The predicted molar refractivity (Wildman–Crippen MR) is 78.9 cm³/mol. The highest BCUT2D eigenvalue weighted by Crippen LogP contribution is 2.46. The zero-order valence-corrected chi connectivity index (χ0v) is 12.4. The van der Waals surface area contributed by atoms with Gasteiger partial charge in [0, 0.05) is 6.54 Å². The molecule has 0 aliphatic heterocycles. The number of carboxylic acids is 1. The summed E-state index contributed by atoms with van der Waals surface area (Å²) in [4.78, 5) is 24.0. The quantitative estimate of drug-likeness (QED) is 0.879. The minimum Gasteiger partial charge on any atom is -0.481 e. The second-order valence-electron chi connectivity index (χ2n) is 6.57. The molecule has 0 unspecified atom stereocenters. The molecule has 1 aromatic carbocycles. The summed E-state index contributed by atoms with van der Waals surface area (Å²) in [6.07, 6.45) is 4.43. The van der Waals surface area contributed by atoms with Crippen LogP contribution >= 0.6 is 0 Å². The van der Waals surface area contributed by atoms with Crippen molar-refractivity contribution in [2.75, 3.05) is 6.54 Å². The van der Waals surface area contributed by atoms with Crippen molar-refractivity contribution < 1.29 is 19.1 Å². The van der Waals surface area contributed by atoms with Crippen molar-refractivity contribution in [2.45, 2.75) is 43.9 Å². The highest BCUT2D eigenvalue weighted by molar-refractivity contribution is 5.89. The lowest BCUT2D eigenvalue weighted by molar-refractivity contribution is -0.143. The molecule has 1 aromatic rings. The van der Waals surface area contributed by atoms with E-state index in [1.165, 1.54) is 12.1 Å². The molecule has 2 saturated carbocycles. The van der Waals surface area contributed by atoms with E-state index in [2.05, 4.69) is 5.32 Å². The molecule has 3 rings (SSSR count). The second kappa shape index (κ2) is 5.38. The van der Waals surface area contributed by atoms with Crippen LogP contribution in [0.2, 0.25) is 0 Å². The lowest BCUT2D eigenvalue weighted by Crippen LogP contribution is -2.45. The second-order valence-corrected chi connectivity index (χ2v) is 6.57. The van der Waals surface area contributed by atoms with Gasteiger partial charge in [0.25, 0.3) is 0 Å². The Labute approximate surface area is 128 Å². The van der Waals surface area contributed by atoms with Crippen LogP contribution in [0, 0.1) is 11.2 Å². The molecule has 0 radical (unpaired) electrons. The number of carbonyl (C=O) groups is 2. The topological polar surface area (TPSA) is 66.4 Å². The number of benzene rings is 1. The molecule has 4 nitrogen and oxygen atoms in total. The molecule has 1 amide bonds. The normalized spacial score (nSPS) is 21.3. The van der Waals surface area contributed by atoms with Gasteiger partial charge in [0.05, 0.1) is 10.8 Å². The van der Waals surface area contributed by atoms with Crippen LogP contribution in [-0.4, -0.2) is 23.5 Å². The lowest BCUT2D eigenvalue weighted by Gasteiger charge is -2.29. The highest BCUT2D eigenvalue weighted by atomic mass is 19.1. The lowest BCUT2D eigenvalue weighted by atomic mass is 9.78. The van der Waals surface area contributed by atoms with Crippen molar-refractivity contribution in [3.8, 4) is 0 Å². The SMILES string of the molecule is O=C(O)C1(CNC(=O)C2(c3cccc(F)c3)CCCC2)CC1. The average Bonchev–Trinajstić information content (AvgIpc) is 3.13. The minimum atomic E-state index is -0.848. The van der Waals surface area contributed by atoms with Gasteiger partial charge in [-0.3, -0.25) is 9.59 Å². The van der Waals surface area contributed by atoms with E-state index < -0.39 is 16.8 Å². The number of halogens is 1. The fraction of sp³-hybridized carbons (Fsp3) is 0.529. The maximum absolute atomic E-state index is 13.5. The molecule has 2 fully saturated rings. The van der Waals surface area contributed by atoms with Crippen molar-refractivity contribution in [1.82, 2.24) is 5.32 Å². The Bertz CT molecular complexity index is 604. The molecule has 0 bridgehead atoms. The van der Waals surface area contributed by atoms with Crippen LogP contribution in [0.25, 0.3) is 0 Å². The number of rotatable bonds is 5. The van der Waals surface area contributed by atoms with Crippen molar-refractivity contribution in [2.24, 2.45) is 5.41 Å². The number of carbonyl (C=O) groups excluding carboxylic acids is 1. The van der Waals surface area contributed by atoms with Crippen LogP contribution in [0.4, 0.5) is 4.39 Å². The first-order chi connectivity index (χ1) is 10.5. The van der Waals surface area contributed by atoms with Crippen molar-refractivity contribution >= 4 is 11.9 Å². The molecule has 118 valence electrons. The van der Waals surface area contributed by atoms with E-state index in [0.717, 1.165) is 12.8 Å². The first-order valence-corrected chi connectivity index (χ1v) is 7.76. The zero-order chi connectivity index (χ0) is 15.8. The van der Waals surface area contributed by atoms with Gasteiger partial charge in [0.15, 0.2) is 0 Å². The fourth-order valence-corrected chi connectivity index (χ4v) is 3.45. The Morgan fingerprint density at radius 3 is 2.41 bits per heavy atom. The van der Waals surface area contributed by atoms with Gasteiger partial charge in [-0.15, -0.1) is 0 Å². The van der Waals surface area contributed by atoms with Gasteiger partial charge in [0.2, 0.25) is 5.91 Å². The summed E-state index contributed by atoms with van der Waals surface area (Å²) in [5, 5.41) is 12.0. The molecule has 22 heavy (non-hydrogen) atoms. The van der Waals surface area contributed by atoms with E-state index in [1.54, 1.807) is 12.1 Å². The van der Waals surface area contributed by atoms with Crippen LogP contribution in [-0.2, 0) is 15.0 Å². The number of aliphatic carboxylic acids is 1. The zero-order valence-electron chi connectivity index (χ0n) is 12.4.